The van der Waals surface area contributed by atoms with Gasteiger partial charge in [-0.25, -0.2) is 13.2 Å². The molecule has 1 nitrogen and oxygen atoms in total. The number of rotatable bonds is 3. The van der Waals surface area contributed by atoms with Gasteiger partial charge in [-0.05, 0) is 31.2 Å². The van der Waals surface area contributed by atoms with Crippen molar-refractivity contribution in [1.82, 2.24) is 0 Å². The van der Waals surface area contributed by atoms with Crippen molar-refractivity contribution >= 4 is 0 Å². The summed E-state index contributed by atoms with van der Waals surface area (Å²) in [6.07, 6.45) is -3.98. The topological polar surface area (TPSA) is 9.23 Å². The largest absolute Gasteiger partial charge is 0.429 e. The maximum absolute atomic E-state index is 13.8. The molecule has 0 fully saturated rings. The molecule has 0 unspecified atom stereocenters. The van der Waals surface area contributed by atoms with Crippen molar-refractivity contribution in [3.05, 3.63) is 65.0 Å². The zero-order valence-electron chi connectivity index (χ0n) is 10.3. The summed E-state index contributed by atoms with van der Waals surface area (Å²) in [5.74, 6) is -5.38. The number of aryl methyl sites for hydroxylation is 1. The predicted octanol–water partition coefficient (Wildman–Crippen LogP) is 4.54. The molecule has 0 aromatic heterocycles. The van der Waals surface area contributed by atoms with E-state index in [9.17, 15) is 22.0 Å². The summed E-state index contributed by atoms with van der Waals surface area (Å²) in [7, 11) is 0. The first-order valence-corrected chi connectivity index (χ1v) is 5.58. The van der Waals surface area contributed by atoms with Gasteiger partial charge < -0.3 is 4.74 Å². The fourth-order valence-electron chi connectivity index (χ4n) is 1.54. The lowest BCUT2D eigenvalue weighted by molar-refractivity contribution is -0.185. The van der Waals surface area contributed by atoms with Gasteiger partial charge in [-0.15, -0.1) is 0 Å². The second kappa shape index (κ2) is 5.11. The van der Waals surface area contributed by atoms with Gasteiger partial charge >= 0.3 is 6.11 Å². The van der Waals surface area contributed by atoms with Crippen molar-refractivity contribution in [3.8, 4) is 5.75 Å². The summed E-state index contributed by atoms with van der Waals surface area (Å²) in [6.45, 7) is 1.76. The van der Waals surface area contributed by atoms with Crippen LogP contribution < -0.4 is 4.74 Å². The summed E-state index contributed by atoms with van der Waals surface area (Å²) >= 11 is 0. The van der Waals surface area contributed by atoms with Crippen molar-refractivity contribution in [2.45, 2.75) is 13.0 Å². The minimum absolute atomic E-state index is 0.175. The number of halogens is 5. The molecule has 20 heavy (non-hydrogen) atoms. The Bertz CT molecular complexity index is 599. The zero-order valence-corrected chi connectivity index (χ0v) is 10.3. The molecule has 0 spiro atoms. The number of alkyl halides is 2. The third-order valence-electron chi connectivity index (χ3n) is 2.59. The molecule has 0 amide bonds. The maximum Gasteiger partial charge on any atom is 0.426 e. The van der Waals surface area contributed by atoms with Crippen LogP contribution in [0, 0.1) is 24.4 Å². The van der Waals surface area contributed by atoms with Crippen LogP contribution in [-0.4, -0.2) is 0 Å². The molecule has 0 aliphatic heterocycles. The summed E-state index contributed by atoms with van der Waals surface area (Å²) < 4.78 is 70.6. The molecule has 0 saturated carbocycles. The highest BCUT2D eigenvalue weighted by molar-refractivity contribution is 5.29. The molecule has 6 heteroatoms. The van der Waals surface area contributed by atoms with E-state index in [0.717, 1.165) is 5.56 Å². The standard InChI is InChI=1S/C14H9F5O/c1-8-2-4-10(5-3-8)20-14(18,19)9-6-11(15)13(17)12(16)7-9/h2-7H,1H3. The molecule has 106 valence electrons. The van der Waals surface area contributed by atoms with Crippen molar-refractivity contribution in [3.63, 3.8) is 0 Å². The fraction of sp³-hybridized carbons (Fsp3) is 0.143. The molecule has 2 rings (SSSR count). The van der Waals surface area contributed by atoms with E-state index in [2.05, 4.69) is 4.74 Å². The van der Waals surface area contributed by atoms with Crippen molar-refractivity contribution in [2.24, 2.45) is 0 Å². The summed E-state index contributed by atoms with van der Waals surface area (Å²) in [4.78, 5) is 0. The lowest BCUT2D eigenvalue weighted by Crippen LogP contribution is -2.22. The Kier molecular flexibility index (Phi) is 3.65. The van der Waals surface area contributed by atoms with Gasteiger partial charge in [0.1, 0.15) is 5.75 Å². The van der Waals surface area contributed by atoms with Crippen LogP contribution in [0.25, 0.3) is 0 Å². The molecule has 0 N–H and O–H groups in total. The van der Waals surface area contributed by atoms with Gasteiger partial charge in [0.25, 0.3) is 0 Å². The zero-order chi connectivity index (χ0) is 14.9. The van der Waals surface area contributed by atoms with Gasteiger partial charge in [-0.1, -0.05) is 17.7 Å². The summed E-state index contributed by atoms with van der Waals surface area (Å²) in [5.41, 5.74) is -0.269. The Morgan fingerprint density at radius 3 is 1.90 bits per heavy atom. The molecule has 2 aromatic rings. The van der Waals surface area contributed by atoms with E-state index >= 15 is 0 Å². The molecule has 0 saturated heterocycles. The van der Waals surface area contributed by atoms with Gasteiger partial charge in [0.15, 0.2) is 17.5 Å². The van der Waals surface area contributed by atoms with Crippen LogP contribution >= 0.6 is 0 Å². The quantitative estimate of drug-likeness (QED) is 0.595. The van der Waals surface area contributed by atoms with Crippen LogP contribution in [-0.2, 0) is 6.11 Å². The minimum atomic E-state index is -3.98. The predicted molar refractivity (Wildman–Crippen MR) is 62.0 cm³/mol. The molecule has 2 aromatic carbocycles. The number of benzene rings is 2. The normalized spacial score (nSPS) is 11.5. The Morgan fingerprint density at radius 2 is 1.40 bits per heavy atom. The third kappa shape index (κ3) is 2.89. The number of hydrogen-bond donors (Lipinski definition) is 0. The summed E-state index contributed by atoms with van der Waals surface area (Å²) in [6, 6.07) is 6.06. The highest BCUT2D eigenvalue weighted by atomic mass is 19.3. The Balaban J connectivity index is 2.32. The van der Waals surface area contributed by atoms with Gasteiger partial charge in [-0.2, -0.15) is 8.78 Å². The van der Waals surface area contributed by atoms with E-state index < -0.39 is 29.1 Å². The van der Waals surface area contributed by atoms with Crippen LogP contribution in [0.15, 0.2) is 36.4 Å². The van der Waals surface area contributed by atoms with Crippen LogP contribution in [0.5, 0.6) is 5.75 Å². The monoisotopic (exact) mass is 288 g/mol. The summed E-state index contributed by atoms with van der Waals surface area (Å²) in [5, 5.41) is 0. The highest BCUT2D eigenvalue weighted by Crippen LogP contribution is 2.33. The smallest absolute Gasteiger partial charge is 0.426 e. The van der Waals surface area contributed by atoms with Crippen molar-refractivity contribution < 1.29 is 26.7 Å². The van der Waals surface area contributed by atoms with Gasteiger partial charge in [0.05, 0.1) is 5.56 Å². The van der Waals surface area contributed by atoms with Crippen molar-refractivity contribution in [2.75, 3.05) is 0 Å². The first-order chi connectivity index (χ1) is 9.29. The SMILES string of the molecule is Cc1ccc(OC(F)(F)c2cc(F)c(F)c(F)c2)cc1. The average Bonchev–Trinajstić information content (AvgIpc) is 2.38. The maximum atomic E-state index is 13.8. The first kappa shape index (κ1) is 14.3. The van der Waals surface area contributed by atoms with E-state index in [1.54, 1.807) is 6.92 Å². The number of hydrogen-bond acceptors (Lipinski definition) is 1. The lowest BCUT2D eigenvalue weighted by Gasteiger charge is -2.18. The van der Waals surface area contributed by atoms with Crippen LogP contribution in [0.2, 0.25) is 0 Å². The molecule has 0 atom stereocenters. The molecular weight excluding hydrogens is 279 g/mol. The minimum Gasteiger partial charge on any atom is -0.429 e. The van der Waals surface area contributed by atoms with Crippen molar-refractivity contribution in [1.29, 1.82) is 0 Å². The van der Waals surface area contributed by atoms with Gasteiger partial charge in [0.2, 0.25) is 0 Å². The molecule has 0 aliphatic carbocycles. The van der Waals surface area contributed by atoms with E-state index in [-0.39, 0.29) is 17.9 Å². The third-order valence-corrected chi connectivity index (χ3v) is 2.59. The van der Waals surface area contributed by atoms with E-state index in [0.29, 0.717) is 0 Å². The molecule has 0 heterocycles. The second-order valence-corrected chi connectivity index (χ2v) is 4.19. The highest BCUT2D eigenvalue weighted by Gasteiger charge is 2.36. The van der Waals surface area contributed by atoms with E-state index in [1.165, 1.54) is 24.3 Å². The second-order valence-electron chi connectivity index (χ2n) is 4.19. The molecule has 0 aliphatic rings. The Labute approximate surface area is 111 Å². The fourth-order valence-corrected chi connectivity index (χ4v) is 1.54. The first-order valence-electron chi connectivity index (χ1n) is 5.58. The Hall–Kier alpha value is -2.11. The molecular formula is C14H9F5O. The molecule has 0 bridgehead atoms. The van der Waals surface area contributed by atoms with Crippen LogP contribution in [0.1, 0.15) is 11.1 Å². The number of ether oxygens (including phenoxy) is 1. The van der Waals surface area contributed by atoms with Crippen LogP contribution in [0.4, 0.5) is 22.0 Å². The molecule has 0 radical (unpaired) electrons. The lowest BCUT2D eigenvalue weighted by atomic mass is 10.2. The van der Waals surface area contributed by atoms with E-state index in [1.807, 2.05) is 0 Å². The van der Waals surface area contributed by atoms with Gasteiger partial charge in [-0.3, -0.25) is 0 Å². The average molecular weight is 288 g/mol. The van der Waals surface area contributed by atoms with Gasteiger partial charge in [0, 0.05) is 0 Å². The Morgan fingerprint density at radius 1 is 0.900 bits per heavy atom. The van der Waals surface area contributed by atoms with Crippen LogP contribution in [0.3, 0.4) is 0 Å². The van der Waals surface area contributed by atoms with E-state index in [4.69, 9.17) is 0 Å².